The number of hydrogen-bond donors (Lipinski definition) is 1. The molecular formula is C13H16ClNO2. The lowest BCUT2D eigenvalue weighted by Gasteiger charge is -2.21. The first-order valence-corrected chi connectivity index (χ1v) is 6.39. The van der Waals surface area contributed by atoms with Gasteiger partial charge in [0.25, 0.3) is 0 Å². The average Bonchev–Trinajstić information content (AvgIpc) is 3.05. The first-order chi connectivity index (χ1) is 8.16. The molecule has 0 bridgehead atoms. The molecule has 0 spiro atoms. The number of fused-ring (bicyclic) bond motifs is 1. The van der Waals surface area contributed by atoms with Crippen molar-refractivity contribution in [2.24, 2.45) is 17.6 Å². The highest BCUT2D eigenvalue weighted by molar-refractivity contribution is 6.31. The lowest BCUT2D eigenvalue weighted by Crippen LogP contribution is -2.18. The van der Waals surface area contributed by atoms with Gasteiger partial charge < -0.3 is 15.2 Å². The molecule has 3 nitrogen and oxygen atoms in total. The molecule has 1 heterocycles. The maximum absolute atomic E-state index is 6.26. The van der Waals surface area contributed by atoms with E-state index in [9.17, 15) is 0 Å². The Morgan fingerprint density at radius 1 is 1.29 bits per heavy atom. The van der Waals surface area contributed by atoms with Crippen LogP contribution in [-0.2, 0) is 0 Å². The van der Waals surface area contributed by atoms with Gasteiger partial charge in [0, 0.05) is 17.1 Å². The molecule has 92 valence electrons. The molecule has 1 aliphatic carbocycles. The van der Waals surface area contributed by atoms with Gasteiger partial charge in [0.2, 0.25) is 0 Å². The molecule has 1 aromatic carbocycles. The highest BCUT2D eigenvalue weighted by atomic mass is 35.5. The van der Waals surface area contributed by atoms with Crippen LogP contribution < -0.4 is 15.2 Å². The summed E-state index contributed by atoms with van der Waals surface area (Å²) in [6.45, 7) is 3.38. The van der Waals surface area contributed by atoms with Crippen molar-refractivity contribution in [2.45, 2.75) is 19.4 Å². The Bertz CT molecular complexity index is 449. The molecule has 1 aromatic rings. The smallest absolute Gasteiger partial charge is 0.162 e. The fourth-order valence-corrected chi connectivity index (χ4v) is 2.70. The predicted octanol–water partition coefficient (Wildman–Crippen LogP) is 2.77. The van der Waals surface area contributed by atoms with Crippen LogP contribution in [0.4, 0.5) is 0 Å². The molecule has 1 fully saturated rings. The summed E-state index contributed by atoms with van der Waals surface area (Å²) >= 11 is 6.26. The molecule has 17 heavy (non-hydrogen) atoms. The lowest BCUT2D eigenvalue weighted by atomic mass is 10.0. The Morgan fingerprint density at radius 2 is 1.88 bits per heavy atom. The van der Waals surface area contributed by atoms with E-state index in [0.29, 0.717) is 30.1 Å². The highest BCUT2D eigenvalue weighted by Crippen LogP contribution is 2.48. The van der Waals surface area contributed by atoms with Crippen LogP contribution in [0.2, 0.25) is 5.02 Å². The van der Waals surface area contributed by atoms with E-state index in [2.05, 4.69) is 6.92 Å². The third-order valence-electron chi connectivity index (χ3n) is 3.65. The molecule has 1 aliphatic heterocycles. The van der Waals surface area contributed by atoms with Gasteiger partial charge in [0.1, 0.15) is 13.2 Å². The van der Waals surface area contributed by atoms with Crippen LogP contribution in [-0.4, -0.2) is 13.2 Å². The van der Waals surface area contributed by atoms with Gasteiger partial charge in [-0.1, -0.05) is 18.5 Å². The molecule has 2 aliphatic rings. The molecular weight excluding hydrogens is 238 g/mol. The topological polar surface area (TPSA) is 44.5 Å². The van der Waals surface area contributed by atoms with Gasteiger partial charge in [-0.05, 0) is 29.9 Å². The Hall–Kier alpha value is -0.930. The number of hydrogen-bond acceptors (Lipinski definition) is 3. The zero-order chi connectivity index (χ0) is 12.0. The van der Waals surface area contributed by atoms with E-state index in [1.165, 1.54) is 6.42 Å². The van der Waals surface area contributed by atoms with Gasteiger partial charge in [-0.15, -0.1) is 0 Å². The quantitative estimate of drug-likeness (QED) is 0.882. The van der Waals surface area contributed by atoms with Crippen molar-refractivity contribution in [2.75, 3.05) is 13.2 Å². The minimum atomic E-state index is 0.00771. The third kappa shape index (κ3) is 1.98. The van der Waals surface area contributed by atoms with Gasteiger partial charge >= 0.3 is 0 Å². The second-order valence-corrected chi connectivity index (χ2v) is 5.33. The van der Waals surface area contributed by atoms with E-state index in [0.717, 1.165) is 17.1 Å². The monoisotopic (exact) mass is 253 g/mol. The molecule has 3 rings (SSSR count). The van der Waals surface area contributed by atoms with Crippen molar-refractivity contribution in [1.29, 1.82) is 0 Å². The van der Waals surface area contributed by atoms with Crippen molar-refractivity contribution in [3.63, 3.8) is 0 Å². The van der Waals surface area contributed by atoms with E-state index >= 15 is 0 Å². The van der Waals surface area contributed by atoms with E-state index in [1.54, 1.807) is 0 Å². The van der Waals surface area contributed by atoms with Gasteiger partial charge in [-0.3, -0.25) is 0 Å². The number of rotatable bonds is 2. The van der Waals surface area contributed by atoms with E-state index in [-0.39, 0.29) is 6.04 Å². The van der Waals surface area contributed by atoms with E-state index < -0.39 is 0 Å². The summed E-state index contributed by atoms with van der Waals surface area (Å²) in [6, 6.07) is 3.76. The van der Waals surface area contributed by atoms with Crippen LogP contribution in [0.15, 0.2) is 12.1 Å². The summed E-state index contributed by atoms with van der Waals surface area (Å²) in [5, 5.41) is 0.681. The maximum Gasteiger partial charge on any atom is 0.162 e. The first-order valence-electron chi connectivity index (χ1n) is 6.01. The minimum Gasteiger partial charge on any atom is -0.486 e. The molecule has 1 saturated carbocycles. The highest BCUT2D eigenvalue weighted by Gasteiger charge is 2.39. The number of nitrogens with two attached hydrogens (primary N) is 1. The molecule has 0 radical (unpaired) electrons. The van der Waals surface area contributed by atoms with E-state index in [4.69, 9.17) is 26.8 Å². The second kappa shape index (κ2) is 4.07. The Morgan fingerprint density at radius 3 is 2.47 bits per heavy atom. The zero-order valence-electron chi connectivity index (χ0n) is 9.78. The van der Waals surface area contributed by atoms with E-state index in [1.807, 2.05) is 12.1 Å². The largest absolute Gasteiger partial charge is 0.486 e. The van der Waals surface area contributed by atoms with Crippen molar-refractivity contribution in [3.05, 3.63) is 22.7 Å². The molecule has 0 aromatic heterocycles. The maximum atomic E-state index is 6.26. The van der Waals surface area contributed by atoms with Crippen molar-refractivity contribution in [1.82, 2.24) is 0 Å². The van der Waals surface area contributed by atoms with Gasteiger partial charge in [0.15, 0.2) is 11.5 Å². The number of ether oxygens (including phenoxy) is 2. The third-order valence-corrected chi connectivity index (χ3v) is 3.98. The molecule has 3 unspecified atom stereocenters. The Balaban J connectivity index is 1.93. The molecule has 4 heteroatoms. The van der Waals surface area contributed by atoms with Gasteiger partial charge in [-0.2, -0.15) is 0 Å². The van der Waals surface area contributed by atoms with Crippen molar-refractivity contribution >= 4 is 11.6 Å². The summed E-state index contributed by atoms with van der Waals surface area (Å²) in [6.07, 6.45) is 1.19. The Kier molecular flexibility index (Phi) is 2.68. The summed E-state index contributed by atoms with van der Waals surface area (Å²) in [5.41, 5.74) is 7.22. The van der Waals surface area contributed by atoms with Gasteiger partial charge in [-0.25, -0.2) is 0 Å². The fourth-order valence-electron chi connectivity index (χ4n) is 2.42. The summed E-state index contributed by atoms with van der Waals surface area (Å²) in [4.78, 5) is 0. The molecule has 3 atom stereocenters. The number of halogens is 1. The van der Waals surface area contributed by atoms with Crippen molar-refractivity contribution in [3.8, 4) is 11.5 Å². The normalized spacial score (nSPS) is 27.7. The van der Waals surface area contributed by atoms with Crippen LogP contribution in [0.3, 0.4) is 0 Å². The second-order valence-electron chi connectivity index (χ2n) is 4.92. The van der Waals surface area contributed by atoms with Crippen LogP contribution in [0.1, 0.15) is 24.9 Å². The van der Waals surface area contributed by atoms with Crippen LogP contribution in [0.25, 0.3) is 0 Å². The minimum absolute atomic E-state index is 0.00771. The predicted molar refractivity (Wildman–Crippen MR) is 66.6 cm³/mol. The van der Waals surface area contributed by atoms with Crippen LogP contribution >= 0.6 is 11.6 Å². The van der Waals surface area contributed by atoms with Crippen LogP contribution in [0.5, 0.6) is 11.5 Å². The molecule has 0 amide bonds. The fraction of sp³-hybridized carbons (Fsp3) is 0.538. The average molecular weight is 254 g/mol. The van der Waals surface area contributed by atoms with Gasteiger partial charge in [0.05, 0.1) is 0 Å². The first kappa shape index (κ1) is 11.2. The summed E-state index contributed by atoms with van der Waals surface area (Å²) in [5.74, 6) is 2.74. The SMILES string of the molecule is CC1CC1C(N)c1cc2c(cc1Cl)OCCO2. The number of benzene rings is 1. The zero-order valence-corrected chi connectivity index (χ0v) is 10.5. The Labute approximate surface area is 106 Å². The van der Waals surface area contributed by atoms with Crippen LogP contribution in [0, 0.1) is 11.8 Å². The molecule has 2 N–H and O–H groups in total. The lowest BCUT2D eigenvalue weighted by molar-refractivity contribution is 0.171. The summed E-state index contributed by atoms with van der Waals surface area (Å²) < 4.78 is 11.0. The molecule has 0 saturated heterocycles. The summed E-state index contributed by atoms with van der Waals surface area (Å²) in [7, 11) is 0. The standard InChI is InChI=1S/C13H16ClNO2/c1-7-4-8(7)13(15)9-5-11-12(6-10(9)14)17-3-2-16-11/h5-8,13H,2-4,15H2,1H3. The van der Waals surface area contributed by atoms with Crippen molar-refractivity contribution < 1.29 is 9.47 Å².